The molecule has 0 aliphatic heterocycles. The molecule has 0 aromatic heterocycles. The molecule has 5 N–H and O–H groups in total. The normalized spacial score (nSPS) is 12.2. The first kappa shape index (κ1) is 11.3. The van der Waals surface area contributed by atoms with Gasteiger partial charge in [-0.05, 0) is 6.92 Å². The number of hydrogen-bond donors (Lipinski definition) is 1. The van der Waals surface area contributed by atoms with Crippen LogP contribution in [-0.2, 0) is 0 Å². The molecule has 0 aliphatic carbocycles. The highest BCUT2D eigenvalue weighted by molar-refractivity contribution is 5.54. The minimum atomic E-state index is -0.505. The molecule has 1 unspecified atom stereocenters. The predicted octanol–water partition coefficient (Wildman–Crippen LogP) is 0.344. The van der Waals surface area contributed by atoms with Gasteiger partial charge in [-0.15, -0.1) is 0 Å². The Morgan fingerprint density at radius 2 is 2.20 bits per heavy atom. The largest absolute Gasteiger partial charge is 0.591 e. The molecule has 15 heavy (non-hydrogen) atoms. The summed E-state index contributed by atoms with van der Waals surface area (Å²) in [6, 6.07) is 2.47. The molecule has 0 amide bonds. The van der Waals surface area contributed by atoms with Crippen LogP contribution in [0.15, 0.2) is 12.1 Å². The molecule has 0 radical (unpaired) electrons. The van der Waals surface area contributed by atoms with Crippen LogP contribution in [0.4, 0.5) is 5.69 Å². The van der Waals surface area contributed by atoms with Gasteiger partial charge in [-0.1, -0.05) is 0 Å². The average molecular weight is 214 g/mol. The number of nitro groups is 1. The lowest BCUT2D eigenvalue weighted by atomic mass is 10.1. The van der Waals surface area contributed by atoms with Crippen molar-refractivity contribution in [3.8, 4) is 11.5 Å². The highest BCUT2D eigenvalue weighted by Gasteiger charge is 2.24. The molecule has 6 nitrogen and oxygen atoms in total. The van der Waals surface area contributed by atoms with Gasteiger partial charge in [0, 0.05) is 6.07 Å². The Hall–Kier alpha value is -1.82. The molecule has 0 fully saturated rings. The monoisotopic (exact) mass is 214 g/mol. The van der Waals surface area contributed by atoms with E-state index in [9.17, 15) is 10.1 Å². The molecule has 0 saturated heterocycles. The van der Waals surface area contributed by atoms with E-state index in [1.807, 2.05) is 0 Å². The maximum absolute atomic E-state index is 10.7. The van der Waals surface area contributed by atoms with E-state index in [2.05, 4.69) is 5.73 Å². The van der Waals surface area contributed by atoms with Gasteiger partial charge in [-0.3, -0.25) is 10.1 Å². The maximum atomic E-state index is 10.7. The third kappa shape index (κ3) is 2.16. The average Bonchev–Trinajstić information content (AvgIpc) is 2.16. The lowest BCUT2D eigenvalue weighted by molar-refractivity contribution is -0.427. The Morgan fingerprint density at radius 3 is 2.60 bits per heavy atom. The van der Waals surface area contributed by atoms with Crippen molar-refractivity contribution in [3.05, 3.63) is 27.8 Å². The van der Waals surface area contributed by atoms with Gasteiger partial charge in [-0.2, -0.15) is 0 Å². The van der Waals surface area contributed by atoms with Gasteiger partial charge < -0.3 is 15.6 Å². The number of hydrogen-bond acceptors (Lipinski definition) is 3. The van der Waals surface area contributed by atoms with Gasteiger partial charge in [0.25, 0.3) is 5.69 Å². The first-order valence-corrected chi connectivity index (χ1v) is 4.38. The molecule has 1 rings (SSSR count). The second kappa shape index (κ2) is 4.14. The van der Waals surface area contributed by atoms with E-state index in [1.54, 1.807) is 6.92 Å². The molecule has 0 bridgehead atoms. The smallest absolute Gasteiger partial charge is 0.303 e. The fourth-order valence-corrected chi connectivity index (χ4v) is 1.31. The summed E-state index contributed by atoms with van der Waals surface area (Å²) in [5.74, 6) is 0.333. The van der Waals surface area contributed by atoms with Crippen LogP contribution in [0.5, 0.6) is 11.5 Å². The third-order valence-electron chi connectivity index (χ3n) is 2.08. The topological polar surface area (TPSA) is 103 Å². The first-order chi connectivity index (χ1) is 6.97. The summed E-state index contributed by atoms with van der Waals surface area (Å²) < 4.78 is 4.93. The van der Waals surface area contributed by atoms with Crippen LogP contribution in [0.1, 0.15) is 18.5 Å². The van der Waals surface area contributed by atoms with Crippen LogP contribution in [-0.4, -0.2) is 17.1 Å². The number of benzene rings is 1. The first-order valence-electron chi connectivity index (χ1n) is 4.38. The maximum Gasteiger partial charge on any atom is 0.303 e. The lowest BCUT2D eigenvalue weighted by Crippen LogP contribution is -2.51. The molecule has 1 atom stereocenters. The molecular weight excluding hydrogens is 200 g/mol. The Labute approximate surface area is 86.4 Å². The summed E-state index contributed by atoms with van der Waals surface area (Å²) in [4.78, 5) is 10.2. The van der Waals surface area contributed by atoms with Crippen molar-refractivity contribution in [2.45, 2.75) is 13.0 Å². The second-order valence-electron chi connectivity index (χ2n) is 3.27. The molecule has 1 aromatic rings. The molecule has 1 aromatic carbocycles. The third-order valence-corrected chi connectivity index (χ3v) is 2.08. The zero-order chi connectivity index (χ0) is 11.6. The SMILES string of the molecule is COc1cc(C(C)[NH3+])c([N+](=O)[O-])cc1[OH2+]. The van der Waals surface area contributed by atoms with Crippen LogP contribution in [0.25, 0.3) is 0 Å². The lowest BCUT2D eigenvalue weighted by Gasteiger charge is -2.06. The van der Waals surface area contributed by atoms with Crippen LogP contribution in [0, 0.1) is 10.1 Å². The van der Waals surface area contributed by atoms with E-state index < -0.39 is 4.92 Å². The fourth-order valence-electron chi connectivity index (χ4n) is 1.31. The second-order valence-corrected chi connectivity index (χ2v) is 3.27. The number of methoxy groups -OCH3 is 1. The highest BCUT2D eigenvalue weighted by atomic mass is 16.6. The van der Waals surface area contributed by atoms with E-state index in [-0.39, 0.29) is 17.5 Å². The number of nitro benzene ring substituents is 1. The van der Waals surface area contributed by atoms with Gasteiger partial charge in [0.2, 0.25) is 5.75 Å². The molecular formula is C9H14N2O4+2. The number of ether oxygens (including phenoxy) is 1. The van der Waals surface area contributed by atoms with Gasteiger partial charge in [0.1, 0.15) is 12.1 Å². The molecule has 6 heteroatoms. The Kier molecular flexibility index (Phi) is 3.11. The predicted molar refractivity (Wildman–Crippen MR) is 54.0 cm³/mol. The van der Waals surface area contributed by atoms with E-state index in [0.717, 1.165) is 0 Å². The van der Waals surface area contributed by atoms with Crippen molar-refractivity contribution in [2.24, 2.45) is 0 Å². The van der Waals surface area contributed by atoms with Crippen molar-refractivity contribution >= 4 is 5.69 Å². The van der Waals surface area contributed by atoms with Crippen molar-refractivity contribution in [3.63, 3.8) is 0 Å². The summed E-state index contributed by atoms with van der Waals surface area (Å²) in [6.07, 6.45) is 0. The van der Waals surface area contributed by atoms with Crippen molar-refractivity contribution in [1.29, 1.82) is 0 Å². The zero-order valence-electron chi connectivity index (χ0n) is 8.61. The molecule has 0 spiro atoms. The van der Waals surface area contributed by atoms with Crippen LogP contribution in [0.2, 0.25) is 0 Å². The number of nitrogens with zero attached hydrogens (tertiary/aromatic N) is 1. The molecule has 82 valence electrons. The van der Waals surface area contributed by atoms with Crippen molar-refractivity contribution in [1.82, 2.24) is 0 Å². The highest BCUT2D eigenvalue weighted by Crippen LogP contribution is 2.35. The molecule has 0 saturated carbocycles. The quantitative estimate of drug-likeness (QED) is 0.445. The summed E-state index contributed by atoms with van der Waals surface area (Å²) >= 11 is 0. The van der Waals surface area contributed by atoms with E-state index in [0.29, 0.717) is 11.3 Å². The van der Waals surface area contributed by atoms with Gasteiger partial charge in [0.15, 0.2) is 0 Å². The standard InChI is InChI=1S/C9H12N2O4/c1-5(10)6-3-9(15-2)8(12)4-7(6)11(13)14/h3-5,12H,10H2,1-2H3/p+2. The van der Waals surface area contributed by atoms with Gasteiger partial charge >= 0.3 is 5.75 Å². The van der Waals surface area contributed by atoms with Crippen molar-refractivity contribution in [2.75, 3.05) is 7.11 Å². The van der Waals surface area contributed by atoms with Crippen LogP contribution >= 0.6 is 0 Å². The zero-order valence-corrected chi connectivity index (χ0v) is 8.61. The Balaban J connectivity index is 3.38. The van der Waals surface area contributed by atoms with Gasteiger partial charge in [-0.25, -0.2) is 0 Å². The van der Waals surface area contributed by atoms with Crippen LogP contribution < -0.4 is 10.5 Å². The summed E-state index contributed by atoms with van der Waals surface area (Å²) in [7, 11) is 1.43. The van der Waals surface area contributed by atoms with E-state index in [1.165, 1.54) is 19.2 Å². The number of quaternary nitrogens is 1. The van der Waals surface area contributed by atoms with Gasteiger partial charge in [0.05, 0.1) is 17.6 Å². The Bertz CT molecular complexity index is 390. The Morgan fingerprint density at radius 1 is 1.60 bits per heavy atom. The van der Waals surface area contributed by atoms with E-state index >= 15 is 0 Å². The summed E-state index contributed by atoms with van der Waals surface area (Å²) in [6.45, 7) is 1.76. The minimum absolute atomic E-state index is 0.00796. The molecule has 0 heterocycles. The fraction of sp³-hybridized carbons (Fsp3) is 0.333. The van der Waals surface area contributed by atoms with Crippen LogP contribution in [0.3, 0.4) is 0 Å². The minimum Gasteiger partial charge on any atom is -0.591 e. The number of rotatable bonds is 3. The summed E-state index contributed by atoms with van der Waals surface area (Å²) in [5.41, 5.74) is 4.13. The molecule has 0 aliphatic rings. The summed E-state index contributed by atoms with van der Waals surface area (Å²) in [5, 5.41) is 18.2. The van der Waals surface area contributed by atoms with E-state index in [4.69, 9.17) is 9.84 Å². The van der Waals surface area contributed by atoms with Crippen molar-refractivity contribution < 1.29 is 20.5 Å².